The number of ether oxygens (including phenoxy) is 15. The monoisotopic (exact) mass is 1110 g/mol. The minimum absolute atomic E-state index is 0.0105. The Labute approximate surface area is 462 Å². The average molecular weight is 1110 g/mol. The molecule has 16 heterocycles. The summed E-state index contributed by atoms with van der Waals surface area (Å²) < 4.78 is 103. The van der Waals surface area contributed by atoms with E-state index < -0.39 is 66.4 Å². The summed E-state index contributed by atoms with van der Waals surface area (Å²) in [6, 6.07) is 0. The zero-order valence-corrected chi connectivity index (χ0v) is 46.2. The maximum Gasteiger partial charge on any atom is 0.308 e. The van der Waals surface area contributed by atoms with Crippen LogP contribution in [0.1, 0.15) is 143 Å². The Balaban J connectivity index is 0.656. The minimum atomic E-state index is -0.944. The van der Waals surface area contributed by atoms with Crippen molar-refractivity contribution in [1.29, 1.82) is 0 Å². The normalized spacial score (nSPS) is 56.3. The highest BCUT2D eigenvalue weighted by atomic mass is 16.8. The van der Waals surface area contributed by atoms with Crippen LogP contribution in [0.2, 0.25) is 0 Å². The van der Waals surface area contributed by atoms with E-state index in [1.165, 1.54) is 0 Å². The van der Waals surface area contributed by atoms with Crippen molar-refractivity contribution in [2.75, 3.05) is 6.61 Å². The quantitative estimate of drug-likeness (QED) is 0.214. The van der Waals surface area contributed by atoms with E-state index in [1.807, 2.05) is 0 Å². The van der Waals surface area contributed by atoms with Gasteiger partial charge in [-0.3, -0.25) is 14.4 Å². The number of hydrogen-bond donors (Lipinski definition) is 1. The van der Waals surface area contributed by atoms with Crippen LogP contribution in [-0.4, -0.2) is 187 Å². The molecule has 16 saturated heterocycles. The standard InChI is InChI=1S/C60H82O19/c1-26-13-33-7-9-37-27(2)14-35(65-37)11-12-58-23-46-54(78-58)55-56(72-46)57(79-58)53-38(69-55)10-8-34(67-53)16-48(64)73-52-31(6)51-43(68-42(52)17-39(66-33)30(26)5)19-41-45(71-51)22-60(74-41)24-47-50(77-60)29(4)21-59(76-47)20-28(3)49-44(75-59)18-40(70-49)36(63)15-32(62)25-61/h26,28-29,31,33-35,37-47,49-57,61H,2,5,7-25H2,1,3-4,6H3/t26-,28+,29+,31+,33+,34-,35+,37+,38+,39-,40+,41-,42+,43+,44+,45-,46+,47+,49+,50+,51+,52-,53+,54-,55+,56-,57+,58?,59-,60+/m1/s1. The molecule has 1 N–H and O–H groups in total. The van der Waals surface area contributed by atoms with Crippen LogP contribution in [0, 0.1) is 23.7 Å². The maximum absolute atomic E-state index is 14.6. The van der Waals surface area contributed by atoms with Crippen LogP contribution >= 0.6 is 0 Å². The molecule has 0 aromatic rings. The van der Waals surface area contributed by atoms with Crippen LogP contribution in [0.5, 0.6) is 0 Å². The number of ketones is 2. The van der Waals surface area contributed by atoms with Gasteiger partial charge in [0.15, 0.2) is 28.9 Å². The van der Waals surface area contributed by atoms with Crippen molar-refractivity contribution in [2.24, 2.45) is 23.7 Å². The molecule has 16 rings (SSSR count). The molecule has 436 valence electrons. The predicted octanol–water partition coefficient (Wildman–Crippen LogP) is 5.34. The van der Waals surface area contributed by atoms with Crippen LogP contribution in [0.4, 0.5) is 0 Å². The molecule has 0 aliphatic carbocycles. The number of esters is 1. The highest BCUT2D eigenvalue weighted by Gasteiger charge is 2.70. The molecule has 16 aliphatic heterocycles. The molecule has 16 aliphatic rings. The average Bonchev–Trinajstić information content (AvgIpc) is 4.25. The molecule has 79 heavy (non-hydrogen) atoms. The fourth-order valence-corrected chi connectivity index (χ4v) is 18.0. The van der Waals surface area contributed by atoms with E-state index in [-0.39, 0.29) is 152 Å². The Hall–Kier alpha value is -2.31. The van der Waals surface area contributed by atoms with Gasteiger partial charge >= 0.3 is 5.97 Å². The second-order valence-corrected chi connectivity index (χ2v) is 27.2. The highest BCUT2D eigenvalue weighted by molar-refractivity contribution is 6.01. The lowest BCUT2D eigenvalue weighted by Crippen LogP contribution is -2.62. The number of Topliss-reactive ketones (excluding diaryl/α,β-unsaturated/α-hetero) is 2. The fourth-order valence-electron chi connectivity index (χ4n) is 18.0. The van der Waals surface area contributed by atoms with E-state index in [9.17, 15) is 19.5 Å². The summed E-state index contributed by atoms with van der Waals surface area (Å²) in [5.41, 5.74) is 2.14. The van der Waals surface area contributed by atoms with Gasteiger partial charge in [0, 0.05) is 63.7 Å². The molecule has 0 aromatic carbocycles. The number of carbonyl (C=O) groups is 3. The van der Waals surface area contributed by atoms with Crippen molar-refractivity contribution in [1.82, 2.24) is 0 Å². The first-order chi connectivity index (χ1) is 38.0. The summed E-state index contributed by atoms with van der Waals surface area (Å²) in [4.78, 5) is 39.5. The fraction of sp³-hybridized carbons (Fsp3) is 0.883. The van der Waals surface area contributed by atoms with Gasteiger partial charge in [-0.1, -0.05) is 40.9 Å². The van der Waals surface area contributed by atoms with E-state index in [2.05, 4.69) is 40.9 Å². The Kier molecular flexibility index (Phi) is 13.5. The van der Waals surface area contributed by atoms with Crippen molar-refractivity contribution in [3.8, 4) is 0 Å². The SMILES string of the molecule is C=C1C[C@@H]2CCC34C[C@@H]5O[C@H]6[C@@H](O3)[C@H]3O[C@H](CC[C@@H]3O[C@H]6[C@@H]5O4)CC(=O)O[C@@H]3[C@@H](C)[C@@H]4O[C@@H]5C[C@]6(C[C@@H]7O[C@]8(C[C@H](C)[C@@H]9O[C@H](C(=O)CC(=O)CO)C[C@@H]9O8)C[C@H](C)[C@@H]7O6)O[C@@H]5C[C@@H]4O[C@H]3C[C@H]3O[C@@H](CC[C@@H]1O2)C[C@@H](C)C3=C. The Morgan fingerprint density at radius 2 is 1.18 bits per heavy atom. The molecular formula is C60H82O19. The van der Waals surface area contributed by atoms with Gasteiger partial charge in [0.25, 0.3) is 0 Å². The van der Waals surface area contributed by atoms with Gasteiger partial charge < -0.3 is 76.2 Å². The van der Waals surface area contributed by atoms with E-state index in [4.69, 9.17) is 71.1 Å². The van der Waals surface area contributed by atoms with Crippen LogP contribution in [0.3, 0.4) is 0 Å². The first-order valence-electron chi connectivity index (χ1n) is 30.5. The number of carbonyl (C=O) groups excluding carboxylic acids is 3. The van der Waals surface area contributed by atoms with E-state index in [0.29, 0.717) is 70.6 Å². The molecule has 0 amide bonds. The lowest BCUT2D eigenvalue weighted by atomic mass is 9.79. The molecule has 0 radical (unpaired) electrons. The minimum Gasteiger partial charge on any atom is -0.459 e. The van der Waals surface area contributed by atoms with Gasteiger partial charge in [-0.2, -0.15) is 0 Å². The molecule has 0 aromatic heterocycles. The van der Waals surface area contributed by atoms with Gasteiger partial charge in [0.2, 0.25) is 0 Å². The Bertz CT molecular complexity index is 2440. The maximum atomic E-state index is 14.6. The van der Waals surface area contributed by atoms with Gasteiger partial charge in [-0.15, -0.1) is 0 Å². The molecule has 30 atom stereocenters. The Morgan fingerprint density at radius 1 is 0.506 bits per heavy atom. The molecular weight excluding hydrogens is 1020 g/mol. The molecule has 19 heteroatoms. The molecule has 12 bridgehead atoms. The summed E-state index contributed by atoms with van der Waals surface area (Å²) in [6.07, 6.45) is 2.78. The largest absolute Gasteiger partial charge is 0.459 e. The number of fused-ring (bicyclic) bond motifs is 10. The Morgan fingerprint density at radius 3 is 2.03 bits per heavy atom. The number of rotatable bonds is 4. The van der Waals surface area contributed by atoms with Crippen molar-refractivity contribution in [2.45, 2.75) is 301 Å². The van der Waals surface area contributed by atoms with Crippen molar-refractivity contribution in [3.05, 3.63) is 24.3 Å². The summed E-state index contributed by atoms with van der Waals surface area (Å²) in [5, 5.41) is 9.25. The van der Waals surface area contributed by atoms with Crippen molar-refractivity contribution < 1.29 is 90.5 Å². The molecule has 16 fully saturated rings. The smallest absolute Gasteiger partial charge is 0.308 e. The predicted molar refractivity (Wildman–Crippen MR) is 272 cm³/mol. The van der Waals surface area contributed by atoms with Crippen LogP contribution in [0.25, 0.3) is 0 Å². The van der Waals surface area contributed by atoms with Crippen molar-refractivity contribution >= 4 is 17.5 Å². The second-order valence-electron chi connectivity index (χ2n) is 27.2. The second kappa shape index (κ2) is 19.9. The summed E-state index contributed by atoms with van der Waals surface area (Å²) in [7, 11) is 0. The number of aliphatic hydroxyl groups is 1. The molecule has 1 unspecified atom stereocenters. The van der Waals surface area contributed by atoms with Gasteiger partial charge in [-0.25, -0.2) is 0 Å². The lowest BCUT2D eigenvalue weighted by Gasteiger charge is -2.50. The van der Waals surface area contributed by atoms with Gasteiger partial charge in [0.1, 0.15) is 49.3 Å². The number of aliphatic hydroxyl groups excluding tert-OH is 1. The molecule has 3 spiro atoms. The molecule has 0 saturated carbocycles. The zero-order chi connectivity index (χ0) is 54.0. The highest BCUT2D eigenvalue weighted by Crippen LogP contribution is 2.58. The third-order valence-corrected chi connectivity index (χ3v) is 21.7. The van der Waals surface area contributed by atoms with Gasteiger partial charge in [0.05, 0.1) is 111 Å². The van der Waals surface area contributed by atoms with E-state index >= 15 is 0 Å². The summed E-state index contributed by atoms with van der Waals surface area (Å²) in [6.45, 7) is 17.1. The lowest BCUT2D eigenvalue weighted by molar-refractivity contribution is -0.347. The third kappa shape index (κ3) is 9.26. The number of hydrogen-bond acceptors (Lipinski definition) is 19. The van der Waals surface area contributed by atoms with Crippen LogP contribution < -0.4 is 0 Å². The first-order valence-corrected chi connectivity index (χ1v) is 30.5. The van der Waals surface area contributed by atoms with Crippen LogP contribution in [0.15, 0.2) is 24.3 Å². The molecule has 19 nitrogen and oxygen atoms in total. The summed E-state index contributed by atoms with van der Waals surface area (Å²) in [5.74, 6) is -3.80. The van der Waals surface area contributed by atoms with E-state index in [1.54, 1.807) is 0 Å². The topological polar surface area (TPSA) is 210 Å². The zero-order valence-electron chi connectivity index (χ0n) is 46.2. The third-order valence-electron chi connectivity index (χ3n) is 21.7. The summed E-state index contributed by atoms with van der Waals surface area (Å²) >= 11 is 0. The van der Waals surface area contributed by atoms with E-state index in [0.717, 1.165) is 43.3 Å². The first kappa shape index (κ1) is 53.4. The van der Waals surface area contributed by atoms with Crippen LogP contribution in [-0.2, 0) is 85.4 Å². The van der Waals surface area contributed by atoms with Crippen molar-refractivity contribution in [3.63, 3.8) is 0 Å². The van der Waals surface area contributed by atoms with Gasteiger partial charge in [-0.05, 0) is 73.8 Å².